The van der Waals surface area contributed by atoms with Crippen molar-refractivity contribution in [2.24, 2.45) is 0 Å². The van der Waals surface area contributed by atoms with Crippen molar-refractivity contribution in [3.63, 3.8) is 0 Å². The molecule has 25 heavy (non-hydrogen) atoms. The molecule has 0 aliphatic carbocycles. The summed E-state index contributed by atoms with van der Waals surface area (Å²) in [5.74, 6) is -0.419. The lowest BCUT2D eigenvalue weighted by atomic mass is 10.1. The van der Waals surface area contributed by atoms with E-state index in [9.17, 15) is 17.9 Å². The average molecular weight is 369 g/mol. The van der Waals surface area contributed by atoms with Crippen LogP contribution in [0.15, 0.2) is 23.1 Å². The predicted octanol–water partition coefficient (Wildman–Crippen LogP) is 2.21. The number of sulfonamides is 1. The Bertz CT molecular complexity index is 858. The highest BCUT2D eigenvalue weighted by molar-refractivity contribution is 7.89. The minimum atomic E-state index is -3.64. The minimum Gasteiger partial charge on any atom is -0.392 e. The Morgan fingerprint density at radius 1 is 1.24 bits per heavy atom. The number of rotatable bonds is 7. The monoisotopic (exact) mass is 369 g/mol. The van der Waals surface area contributed by atoms with E-state index in [0.717, 1.165) is 0 Å². The van der Waals surface area contributed by atoms with Gasteiger partial charge >= 0.3 is 0 Å². The summed E-state index contributed by atoms with van der Waals surface area (Å²) < 4.78 is 42.6. The first-order valence-electron chi connectivity index (χ1n) is 8.18. The predicted molar refractivity (Wildman–Crippen MR) is 93.2 cm³/mol. The molecule has 0 saturated carbocycles. The second kappa shape index (κ2) is 7.63. The van der Waals surface area contributed by atoms with Crippen LogP contribution in [0.25, 0.3) is 0 Å². The van der Waals surface area contributed by atoms with Crippen molar-refractivity contribution in [1.82, 2.24) is 14.1 Å². The molecule has 1 aromatic carbocycles. The number of hydrogen-bond donors (Lipinski definition) is 1. The van der Waals surface area contributed by atoms with Crippen LogP contribution < -0.4 is 0 Å². The number of halogens is 1. The van der Waals surface area contributed by atoms with Crippen molar-refractivity contribution >= 4 is 10.0 Å². The van der Waals surface area contributed by atoms with Crippen molar-refractivity contribution in [3.8, 4) is 0 Å². The molecule has 0 amide bonds. The van der Waals surface area contributed by atoms with Gasteiger partial charge in [-0.1, -0.05) is 19.9 Å². The molecule has 0 spiro atoms. The minimum absolute atomic E-state index is 0.0973. The second-order valence-electron chi connectivity index (χ2n) is 5.83. The lowest BCUT2D eigenvalue weighted by molar-refractivity contribution is 0.281. The number of aromatic nitrogens is 2. The van der Waals surface area contributed by atoms with E-state index in [2.05, 4.69) is 5.10 Å². The maximum absolute atomic E-state index is 14.1. The van der Waals surface area contributed by atoms with Crippen LogP contribution in [0.1, 0.15) is 36.4 Å². The number of benzene rings is 1. The third kappa shape index (κ3) is 3.75. The summed E-state index contributed by atoms with van der Waals surface area (Å²) in [6.45, 7) is 7.53. The third-order valence-corrected chi connectivity index (χ3v) is 6.53. The van der Waals surface area contributed by atoms with Crippen LogP contribution in [-0.2, 0) is 23.2 Å². The van der Waals surface area contributed by atoms with Gasteiger partial charge in [0.25, 0.3) is 0 Å². The van der Waals surface area contributed by atoms with E-state index in [0.29, 0.717) is 35.6 Å². The summed E-state index contributed by atoms with van der Waals surface area (Å²) >= 11 is 0. The molecule has 0 atom stereocenters. The van der Waals surface area contributed by atoms with E-state index in [1.54, 1.807) is 33.8 Å². The highest BCUT2D eigenvalue weighted by Gasteiger charge is 2.29. The molecule has 2 rings (SSSR count). The fourth-order valence-electron chi connectivity index (χ4n) is 2.91. The molecule has 138 valence electrons. The van der Waals surface area contributed by atoms with E-state index in [1.165, 1.54) is 21.1 Å². The molecule has 0 fully saturated rings. The van der Waals surface area contributed by atoms with E-state index in [1.807, 2.05) is 0 Å². The van der Waals surface area contributed by atoms with Crippen LogP contribution in [0.5, 0.6) is 0 Å². The summed E-state index contributed by atoms with van der Waals surface area (Å²) in [6, 6.07) is 4.36. The molecule has 1 N–H and O–H groups in total. The van der Waals surface area contributed by atoms with Gasteiger partial charge in [0.05, 0.1) is 24.5 Å². The van der Waals surface area contributed by atoms with E-state index < -0.39 is 15.8 Å². The largest absolute Gasteiger partial charge is 0.392 e. The van der Waals surface area contributed by atoms with Crippen molar-refractivity contribution in [2.45, 2.75) is 45.7 Å². The molecule has 0 bridgehead atoms. The summed E-state index contributed by atoms with van der Waals surface area (Å²) in [4.78, 5) is 0.176. The standard InChI is InChI=1S/C17H24FN3O3S/c1-5-20(6-2)25(23,24)17-12(3)19-21(13(17)4)10-15-9-14(11-22)7-8-16(15)18/h7-9,22H,5-6,10-11H2,1-4H3. The molecular weight excluding hydrogens is 345 g/mol. The summed E-state index contributed by atoms with van der Waals surface area (Å²) in [7, 11) is -3.64. The van der Waals surface area contributed by atoms with Gasteiger partial charge in [0.1, 0.15) is 10.7 Å². The Balaban J connectivity index is 2.47. The zero-order valence-corrected chi connectivity index (χ0v) is 15.8. The van der Waals surface area contributed by atoms with Gasteiger partial charge in [-0.05, 0) is 31.5 Å². The molecular formula is C17H24FN3O3S. The molecule has 0 unspecified atom stereocenters. The van der Waals surface area contributed by atoms with Crippen LogP contribution in [0.3, 0.4) is 0 Å². The van der Waals surface area contributed by atoms with Gasteiger partial charge in [-0.15, -0.1) is 0 Å². The van der Waals surface area contributed by atoms with E-state index in [4.69, 9.17) is 0 Å². The van der Waals surface area contributed by atoms with Crippen molar-refractivity contribution in [3.05, 3.63) is 46.5 Å². The number of aliphatic hydroxyl groups excluding tert-OH is 1. The van der Waals surface area contributed by atoms with Crippen LogP contribution in [0.2, 0.25) is 0 Å². The van der Waals surface area contributed by atoms with Crippen molar-refractivity contribution in [1.29, 1.82) is 0 Å². The van der Waals surface area contributed by atoms with Crippen molar-refractivity contribution in [2.75, 3.05) is 13.1 Å². The first-order chi connectivity index (χ1) is 11.8. The highest BCUT2D eigenvalue weighted by Crippen LogP contribution is 2.24. The number of aryl methyl sites for hydroxylation is 1. The first kappa shape index (κ1) is 19.6. The maximum Gasteiger partial charge on any atom is 0.246 e. The summed E-state index contributed by atoms with van der Waals surface area (Å²) in [6.07, 6.45) is 0. The van der Waals surface area contributed by atoms with Crippen LogP contribution in [0, 0.1) is 19.7 Å². The molecule has 0 aliphatic rings. The van der Waals surface area contributed by atoms with Crippen molar-refractivity contribution < 1.29 is 17.9 Å². The van der Waals surface area contributed by atoms with E-state index in [-0.39, 0.29) is 18.0 Å². The molecule has 6 nitrogen and oxygen atoms in total. The van der Waals surface area contributed by atoms with Crippen LogP contribution >= 0.6 is 0 Å². The molecule has 1 heterocycles. The number of hydrogen-bond acceptors (Lipinski definition) is 4. The quantitative estimate of drug-likeness (QED) is 0.812. The van der Waals surface area contributed by atoms with Gasteiger partial charge < -0.3 is 5.11 Å². The van der Waals surface area contributed by atoms with Gasteiger partial charge in [0, 0.05) is 18.7 Å². The third-order valence-electron chi connectivity index (χ3n) is 4.23. The summed E-state index contributed by atoms with van der Waals surface area (Å²) in [5, 5.41) is 13.5. The smallest absolute Gasteiger partial charge is 0.246 e. The Kier molecular flexibility index (Phi) is 5.97. The SMILES string of the molecule is CCN(CC)S(=O)(=O)c1c(C)nn(Cc2cc(CO)ccc2F)c1C. The number of aliphatic hydroxyl groups is 1. The Morgan fingerprint density at radius 3 is 2.44 bits per heavy atom. The maximum atomic E-state index is 14.1. The second-order valence-corrected chi connectivity index (χ2v) is 7.71. The van der Waals surface area contributed by atoms with Crippen LogP contribution in [-0.4, -0.2) is 40.7 Å². The van der Waals surface area contributed by atoms with E-state index >= 15 is 0 Å². The fraction of sp³-hybridized carbons (Fsp3) is 0.471. The normalized spacial score (nSPS) is 12.1. The molecule has 8 heteroatoms. The molecule has 0 saturated heterocycles. The molecule has 0 aliphatic heterocycles. The molecule has 1 aromatic heterocycles. The van der Waals surface area contributed by atoms with Gasteiger partial charge in [0.2, 0.25) is 10.0 Å². The lowest BCUT2D eigenvalue weighted by Crippen LogP contribution is -2.31. The van der Waals surface area contributed by atoms with Crippen LogP contribution in [0.4, 0.5) is 4.39 Å². The fourth-order valence-corrected chi connectivity index (χ4v) is 4.74. The van der Waals surface area contributed by atoms with Gasteiger partial charge in [-0.2, -0.15) is 9.40 Å². The topological polar surface area (TPSA) is 75.4 Å². The van der Waals surface area contributed by atoms with Gasteiger partial charge in [-0.3, -0.25) is 4.68 Å². The highest BCUT2D eigenvalue weighted by atomic mass is 32.2. The Hall–Kier alpha value is -1.77. The zero-order valence-electron chi connectivity index (χ0n) is 15.0. The van der Waals surface area contributed by atoms with Gasteiger partial charge in [-0.25, -0.2) is 12.8 Å². The lowest BCUT2D eigenvalue weighted by Gasteiger charge is -2.18. The summed E-state index contributed by atoms with van der Waals surface area (Å²) in [5.41, 5.74) is 1.80. The Morgan fingerprint density at radius 2 is 1.88 bits per heavy atom. The Labute approximate surface area is 147 Å². The van der Waals surface area contributed by atoms with Gasteiger partial charge in [0.15, 0.2) is 0 Å². The molecule has 0 radical (unpaired) electrons. The average Bonchev–Trinajstić information content (AvgIpc) is 2.84. The first-order valence-corrected chi connectivity index (χ1v) is 9.62. The molecule has 2 aromatic rings. The number of nitrogens with zero attached hydrogens (tertiary/aromatic N) is 3. The zero-order chi connectivity index (χ0) is 18.8.